The maximum atomic E-state index is 13.3. The number of rotatable bonds is 7. The van der Waals surface area contributed by atoms with Crippen LogP contribution in [0.4, 0.5) is 20.2 Å². The van der Waals surface area contributed by atoms with E-state index in [2.05, 4.69) is 10.2 Å². The highest BCUT2D eigenvalue weighted by molar-refractivity contribution is 7.99. The molecule has 0 radical (unpaired) electrons. The molecule has 0 bridgehead atoms. The molecule has 0 spiro atoms. The number of nitrogens with zero attached hydrogens (tertiary/aromatic N) is 1. The quantitative estimate of drug-likeness (QED) is 0.377. The molecule has 158 valence electrons. The van der Waals surface area contributed by atoms with Gasteiger partial charge in [0, 0.05) is 22.8 Å². The second-order valence-corrected chi connectivity index (χ2v) is 8.19. The molecule has 0 aliphatic rings. The fraction of sp³-hybridized carbons (Fsp3) is 0.167. The number of aliphatic hydroxyl groups is 1. The molecule has 3 rings (SSSR count). The number of thioether (sulfide) groups is 1. The first-order chi connectivity index (χ1) is 14.8. The second-order valence-electron chi connectivity index (χ2n) is 7.14. The predicted octanol–water partition coefficient (Wildman–Crippen LogP) is 5.53. The summed E-state index contributed by atoms with van der Waals surface area (Å²) in [6, 6.07) is 16.2. The summed E-state index contributed by atoms with van der Waals surface area (Å²) in [6.07, 6.45) is -0.0353. The number of amides is 1. The fourth-order valence-corrected chi connectivity index (χ4v) is 3.94. The number of nitrogens with one attached hydrogen (secondary N) is 1. The first-order valence-electron chi connectivity index (χ1n) is 9.44. The zero-order chi connectivity index (χ0) is 22.4. The number of carbonyl (C=O) groups excluding carboxylic acids is 1. The number of benzene rings is 3. The Balaban J connectivity index is 1.83. The van der Waals surface area contributed by atoms with Gasteiger partial charge < -0.3 is 10.4 Å². The van der Waals surface area contributed by atoms with Gasteiger partial charge in [0.2, 0.25) is 0 Å². The van der Waals surface area contributed by atoms with E-state index in [4.69, 9.17) is 6.57 Å². The lowest BCUT2D eigenvalue weighted by atomic mass is 9.95. The zero-order valence-corrected chi connectivity index (χ0v) is 17.5. The van der Waals surface area contributed by atoms with Crippen LogP contribution in [-0.4, -0.2) is 22.4 Å². The summed E-state index contributed by atoms with van der Waals surface area (Å²) in [5, 5.41) is 14.0. The molecule has 0 aromatic heterocycles. The van der Waals surface area contributed by atoms with E-state index in [0.29, 0.717) is 27.4 Å². The Bertz CT molecular complexity index is 1110. The van der Waals surface area contributed by atoms with E-state index in [1.54, 1.807) is 37.3 Å². The van der Waals surface area contributed by atoms with Crippen molar-refractivity contribution >= 4 is 29.0 Å². The summed E-state index contributed by atoms with van der Waals surface area (Å²) < 4.78 is 26.4. The Hall–Kier alpha value is -3.21. The molecule has 2 N–H and O–H groups in total. The Morgan fingerprint density at radius 3 is 2.26 bits per heavy atom. The number of aryl methyl sites for hydroxylation is 1. The maximum Gasteiger partial charge on any atom is 0.257 e. The molecule has 0 saturated carbocycles. The summed E-state index contributed by atoms with van der Waals surface area (Å²) in [4.78, 5) is 17.2. The van der Waals surface area contributed by atoms with Gasteiger partial charge in [-0.15, -0.1) is 11.8 Å². The molecule has 0 aliphatic heterocycles. The van der Waals surface area contributed by atoms with Crippen molar-refractivity contribution in [3.8, 4) is 0 Å². The minimum Gasteiger partial charge on any atom is -0.379 e. The largest absolute Gasteiger partial charge is 0.379 e. The minimum atomic E-state index is -1.82. The summed E-state index contributed by atoms with van der Waals surface area (Å²) >= 11 is 1.22. The molecule has 0 heterocycles. The van der Waals surface area contributed by atoms with E-state index in [0.717, 1.165) is 0 Å². The van der Waals surface area contributed by atoms with Crippen LogP contribution in [0.1, 0.15) is 11.1 Å². The highest BCUT2D eigenvalue weighted by Crippen LogP contribution is 2.28. The van der Waals surface area contributed by atoms with Gasteiger partial charge in [-0.1, -0.05) is 18.2 Å². The van der Waals surface area contributed by atoms with Gasteiger partial charge in [0.05, 0.1) is 6.57 Å². The van der Waals surface area contributed by atoms with Crippen LogP contribution in [0.2, 0.25) is 0 Å². The van der Waals surface area contributed by atoms with Crippen LogP contribution in [0.3, 0.4) is 0 Å². The fourth-order valence-electron chi connectivity index (χ4n) is 2.98. The zero-order valence-electron chi connectivity index (χ0n) is 16.7. The number of hydrogen-bond acceptors (Lipinski definition) is 3. The summed E-state index contributed by atoms with van der Waals surface area (Å²) in [7, 11) is 0. The van der Waals surface area contributed by atoms with Crippen LogP contribution in [0.5, 0.6) is 0 Å². The molecule has 1 amide bonds. The smallest absolute Gasteiger partial charge is 0.257 e. The first-order valence-corrected chi connectivity index (χ1v) is 10.4. The summed E-state index contributed by atoms with van der Waals surface area (Å²) in [5.74, 6) is -1.41. The van der Waals surface area contributed by atoms with E-state index in [9.17, 15) is 18.7 Å². The third kappa shape index (κ3) is 5.91. The molecular weight excluding hydrogens is 418 g/mol. The van der Waals surface area contributed by atoms with Crippen LogP contribution >= 0.6 is 11.8 Å². The molecule has 7 heteroatoms. The lowest BCUT2D eigenvalue weighted by molar-refractivity contribution is -0.131. The van der Waals surface area contributed by atoms with Gasteiger partial charge in [-0.3, -0.25) is 4.79 Å². The highest BCUT2D eigenvalue weighted by Gasteiger charge is 2.36. The molecule has 3 aromatic rings. The van der Waals surface area contributed by atoms with Gasteiger partial charge in [-0.25, -0.2) is 13.6 Å². The maximum absolute atomic E-state index is 13.3. The standard InChI is InChI=1S/C24H20F2N2O2S/c1-16-13-20(9-12-22(16)27-2)28-23(29)24(30,14-17-3-5-18(25)6-4-17)15-31-21-10-7-19(26)8-11-21/h3-13,30H,14-15H2,1H3,(H,28,29)/t24-/m0/s1. The van der Waals surface area contributed by atoms with Gasteiger partial charge in [0.25, 0.3) is 5.91 Å². The Labute approximate surface area is 183 Å². The Morgan fingerprint density at radius 2 is 1.68 bits per heavy atom. The summed E-state index contributed by atoms with van der Waals surface area (Å²) in [5.41, 5.74) is 0.419. The van der Waals surface area contributed by atoms with Crippen molar-refractivity contribution in [1.29, 1.82) is 0 Å². The SMILES string of the molecule is [C-]#[N+]c1ccc(NC(=O)[C@@](O)(CSc2ccc(F)cc2)Cc2ccc(F)cc2)cc1C. The van der Waals surface area contributed by atoms with Crippen molar-refractivity contribution in [3.63, 3.8) is 0 Å². The molecule has 4 nitrogen and oxygen atoms in total. The van der Waals surface area contributed by atoms with Gasteiger partial charge in [0.15, 0.2) is 11.3 Å². The topological polar surface area (TPSA) is 53.7 Å². The number of hydrogen-bond donors (Lipinski definition) is 2. The van der Waals surface area contributed by atoms with E-state index in [1.165, 1.54) is 48.2 Å². The molecule has 1 atom stereocenters. The third-order valence-electron chi connectivity index (χ3n) is 4.70. The predicted molar refractivity (Wildman–Crippen MR) is 118 cm³/mol. The minimum absolute atomic E-state index is 0.000954. The molecule has 3 aromatic carbocycles. The normalized spacial score (nSPS) is 12.6. The van der Waals surface area contributed by atoms with Crippen LogP contribution in [-0.2, 0) is 11.2 Å². The van der Waals surface area contributed by atoms with Crippen molar-refractivity contribution in [3.05, 3.63) is 101 Å². The van der Waals surface area contributed by atoms with E-state index >= 15 is 0 Å². The monoisotopic (exact) mass is 438 g/mol. The lowest BCUT2D eigenvalue weighted by Crippen LogP contribution is -2.47. The first kappa shape index (κ1) is 22.5. The van der Waals surface area contributed by atoms with Crippen LogP contribution < -0.4 is 5.32 Å². The van der Waals surface area contributed by atoms with Crippen molar-refractivity contribution in [2.45, 2.75) is 23.8 Å². The van der Waals surface area contributed by atoms with Crippen molar-refractivity contribution in [2.24, 2.45) is 0 Å². The van der Waals surface area contributed by atoms with Crippen LogP contribution in [0.25, 0.3) is 4.85 Å². The average molecular weight is 438 g/mol. The average Bonchev–Trinajstić information content (AvgIpc) is 2.75. The van der Waals surface area contributed by atoms with Crippen molar-refractivity contribution in [1.82, 2.24) is 0 Å². The molecule has 0 unspecified atom stereocenters. The van der Waals surface area contributed by atoms with Crippen LogP contribution in [0.15, 0.2) is 71.6 Å². The van der Waals surface area contributed by atoms with Crippen molar-refractivity contribution in [2.75, 3.05) is 11.1 Å². The lowest BCUT2D eigenvalue weighted by Gasteiger charge is -2.27. The molecule has 0 aliphatic carbocycles. The van der Waals surface area contributed by atoms with E-state index in [-0.39, 0.29) is 18.0 Å². The van der Waals surface area contributed by atoms with Crippen LogP contribution in [0, 0.1) is 25.1 Å². The van der Waals surface area contributed by atoms with Gasteiger partial charge in [-0.05, 0) is 66.6 Å². The molecular formula is C24H20F2N2O2S. The van der Waals surface area contributed by atoms with Gasteiger partial charge >= 0.3 is 0 Å². The Morgan fingerprint density at radius 1 is 1.06 bits per heavy atom. The number of anilines is 1. The molecule has 31 heavy (non-hydrogen) atoms. The third-order valence-corrected chi connectivity index (χ3v) is 5.93. The molecule has 0 fully saturated rings. The Kier molecular flexibility index (Phi) is 7.06. The number of carbonyl (C=O) groups is 1. The van der Waals surface area contributed by atoms with Gasteiger partial charge in [0.1, 0.15) is 11.6 Å². The number of halogens is 2. The van der Waals surface area contributed by atoms with Crippen molar-refractivity contribution < 1.29 is 18.7 Å². The van der Waals surface area contributed by atoms with E-state index in [1.807, 2.05) is 0 Å². The van der Waals surface area contributed by atoms with E-state index < -0.39 is 17.3 Å². The highest BCUT2D eigenvalue weighted by atomic mass is 32.2. The summed E-state index contributed by atoms with van der Waals surface area (Å²) in [6.45, 7) is 8.89. The molecule has 0 saturated heterocycles. The van der Waals surface area contributed by atoms with Gasteiger partial charge in [-0.2, -0.15) is 0 Å². The second kappa shape index (κ2) is 9.73.